The Hall–Kier alpha value is -2.57. The van der Waals surface area contributed by atoms with Crippen LogP contribution in [0.25, 0.3) is 0 Å². The van der Waals surface area contributed by atoms with Crippen molar-refractivity contribution < 1.29 is 64.6 Å². The molecule has 0 bridgehead atoms. The molecule has 2 aliphatic rings. The van der Waals surface area contributed by atoms with Gasteiger partial charge in [0.05, 0.1) is 32.0 Å². The Morgan fingerprint density at radius 3 is 1.44 bits per heavy atom. The average Bonchev–Trinajstić information content (AvgIpc) is 3.39. The van der Waals surface area contributed by atoms with Gasteiger partial charge in [-0.3, -0.25) is 4.79 Å². The van der Waals surface area contributed by atoms with Crippen LogP contribution >= 0.6 is 0 Å². The summed E-state index contributed by atoms with van der Waals surface area (Å²) in [4.78, 5) is 13.2. The second-order valence-corrected chi connectivity index (χ2v) is 20.0. The van der Waals surface area contributed by atoms with Crippen molar-refractivity contribution in [2.24, 2.45) is 0 Å². The summed E-state index contributed by atoms with van der Waals surface area (Å²) in [6, 6.07) is -0.948. The molecule has 2 saturated heterocycles. The van der Waals surface area contributed by atoms with Crippen LogP contribution < -0.4 is 5.32 Å². The van der Waals surface area contributed by atoms with Crippen LogP contribution in [0, 0.1) is 0 Å². The molecular weight excluding hydrogens is 931 g/mol. The first kappa shape index (κ1) is 66.5. The van der Waals surface area contributed by atoms with Crippen molar-refractivity contribution in [2.75, 3.05) is 19.8 Å². The Balaban J connectivity index is 1.83. The van der Waals surface area contributed by atoms with Gasteiger partial charge in [0.25, 0.3) is 0 Å². The van der Waals surface area contributed by atoms with Gasteiger partial charge in [0.2, 0.25) is 5.91 Å². The molecule has 14 nitrogen and oxygen atoms in total. The maximum atomic E-state index is 13.2. The Morgan fingerprint density at radius 2 is 0.918 bits per heavy atom. The van der Waals surface area contributed by atoms with Crippen LogP contribution in [0.5, 0.6) is 0 Å². The zero-order valence-corrected chi connectivity index (χ0v) is 45.1. The van der Waals surface area contributed by atoms with Gasteiger partial charge in [-0.1, -0.05) is 183 Å². The third-order valence-corrected chi connectivity index (χ3v) is 13.6. The lowest BCUT2D eigenvalue weighted by Crippen LogP contribution is -2.65. The number of unbranched alkanes of at least 4 members (excludes halogenated alkanes) is 21. The molecule has 2 aliphatic heterocycles. The van der Waals surface area contributed by atoms with Crippen LogP contribution in [0.1, 0.15) is 200 Å². The Bertz CT molecular complexity index is 1500. The molecule has 0 spiro atoms. The number of aliphatic hydroxyl groups is 8. The highest BCUT2D eigenvalue weighted by Gasteiger charge is 2.51. The summed E-state index contributed by atoms with van der Waals surface area (Å²) in [5, 5.41) is 87.0. The molecule has 2 fully saturated rings. The van der Waals surface area contributed by atoms with E-state index < -0.39 is 86.8 Å². The van der Waals surface area contributed by atoms with Crippen molar-refractivity contribution in [3.8, 4) is 0 Å². The van der Waals surface area contributed by atoms with E-state index in [1.54, 1.807) is 6.08 Å². The van der Waals surface area contributed by atoms with E-state index in [1.807, 2.05) is 6.08 Å². The number of nitrogens with one attached hydrogen (secondary N) is 1. The first-order valence-electron chi connectivity index (χ1n) is 28.7. The monoisotopic (exact) mass is 1030 g/mol. The van der Waals surface area contributed by atoms with Crippen molar-refractivity contribution in [3.63, 3.8) is 0 Å². The Kier molecular flexibility index (Phi) is 40.6. The zero-order valence-electron chi connectivity index (χ0n) is 45.1. The maximum Gasteiger partial charge on any atom is 0.220 e. The summed E-state index contributed by atoms with van der Waals surface area (Å²) in [5.41, 5.74) is 0. The molecular formula is C59H103NO13. The highest BCUT2D eigenvalue weighted by atomic mass is 16.7. The number of ether oxygens (including phenoxy) is 4. The van der Waals surface area contributed by atoms with Crippen LogP contribution in [0.3, 0.4) is 0 Å². The predicted octanol–water partition coefficient (Wildman–Crippen LogP) is 9.16. The van der Waals surface area contributed by atoms with Crippen LogP contribution in [0.2, 0.25) is 0 Å². The van der Waals surface area contributed by atoms with Crippen LogP contribution in [-0.4, -0.2) is 140 Å². The Morgan fingerprint density at radius 1 is 0.493 bits per heavy atom. The summed E-state index contributed by atoms with van der Waals surface area (Å²) < 4.78 is 22.7. The molecule has 0 saturated carbocycles. The summed E-state index contributed by atoms with van der Waals surface area (Å²) in [5.74, 6) is -0.268. The molecule has 422 valence electrons. The molecule has 0 aliphatic carbocycles. The average molecular weight is 1030 g/mol. The molecule has 12 unspecified atom stereocenters. The van der Waals surface area contributed by atoms with Crippen molar-refractivity contribution in [1.82, 2.24) is 5.32 Å². The second kappa shape index (κ2) is 44.5. The van der Waals surface area contributed by atoms with Gasteiger partial charge in [-0.2, -0.15) is 0 Å². The highest BCUT2D eigenvalue weighted by molar-refractivity contribution is 5.76. The number of aliphatic hydroxyl groups excluding tert-OH is 8. The summed E-state index contributed by atoms with van der Waals surface area (Å²) in [6.45, 7) is 2.74. The van der Waals surface area contributed by atoms with Gasteiger partial charge in [-0.25, -0.2) is 0 Å². The van der Waals surface area contributed by atoms with E-state index in [0.29, 0.717) is 12.8 Å². The van der Waals surface area contributed by atoms with Gasteiger partial charge in [0.1, 0.15) is 48.8 Å². The van der Waals surface area contributed by atoms with Crippen molar-refractivity contribution in [1.29, 1.82) is 0 Å². The fourth-order valence-electron chi connectivity index (χ4n) is 8.92. The summed E-state index contributed by atoms with van der Waals surface area (Å²) in [6.07, 6.45) is 40.7. The number of hydrogen-bond donors (Lipinski definition) is 9. The largest absolute Gasteiger partial charge is 0.394 e. The van der Waals surface area contributed by atoms with Crippen molar-refractivity contribution in [3.05, 3.63) is 72.9 Å². The van der Waals surface area contributed by atoms with E-state index in [9.17, 15) is 45.6 Å². The molecule has 12 atom stereocenters. The topological polar surface area (TPSA) is 228 Å². The first-order chi connectivity index (χ1) is 35.6. The van der Waals surface area contributed by atoms with Gasteiger partial charge in [-0.05, 0) is 83.5 Å². The van der Waals surface area contributed by atoms with E-state index in [-0.39, 0.29) is 18.9 Å². The first-order valence-corrected chi connectivity index (χ1v) is 28.7. The van der Waals surface area contributed by atoms with Crippen LogP contribution in [0.4, 0.5) is 0 Å². The quantitative estimate of drug-likeness (QED) is 0.0205. The molecule has 2 heterocycles. The lowest BCUT2D eigenvalue weighted by molar-refractivity contribution is -0.359. The number of allylic oxidation sites excluding steroid dienone is 11. The normalized spacial score (nSPS) is 25.9. The zero-order chi connectivity index (χ0) is 53.2. The third kappa shape index (κ3) is 30.7. The molecule has 0 aromatic rings. The molecule has 9 N–H and O–H groups in total. The molecule has 0 aromatic carbocycles. The third-order valence-electron chi connectivity index (χ3n) is 13.6. The van der Waals surface area contributed by atoms with Gasteiger partial charge in [-0.15, -0.1) is 0 Å². The number of amides is 1. The minimum absolute atomic E-state index is 0.252. The van der Waals surface area contributed by atoms with E-state index in [0.717, 1.165) is 77.0 Å². The minimum atomic E-state index is -1.80. The molecule has 73 heavy (non-hydrogen) atoms. The van der Waals surface area contributed by atoms with Gasteiger partial charge in [0.15, 0.2) is 12.6 Å². The number of hydrogen-bond acceptors (Lipinski definition) is 13. The van der Waals surface area contributed by atoms with Crippen molar-refractivity contribution in [2.45, 2.75) is 274 Å². The predicted molar refractivity (Wildman–Crippen MR) is 290 cm³/mol. The van der Waals surface area contributed by atoms with Crippen molar-refractivity contribution >= 4 is 5.91 Å². The number of carbonyl (C=O) groups is 1. The van der Waals surface area contributed by atoms with Crippen LogP contribution in [0.15, 0.2) is 72.9 Å². The second-order valence-electron chi connectivity index (χ2n) is 20.0. The lowest BCUT2D eigenvalue weighted by Gasteiger charge is -2.46. The number of carbonyl (C=O) groups excluding carboxylic acids is 1. The molecule has 2 rings (SSSR count). The minimum Gasteiger partial charge on any atom is -0.394 e. The van der Waals surface area contributed by atoms with E-state index in [2.05, 4.69) is 79.9 Å². The van der Waals surface area contributed by atoms with Crippen LogP contribution in [-0.2, 0) is 23.7 Å². The standard InChI is InChI=1S/C59H103NO13/c1-3-5-7-9-11-13-15-17-19-21-23-24-25-27-29-31-33-35-37-39-41-43-51(64)60-47(48(63)42-40-38-36-34-32-30-28-26-22-20-18-16-14-12-10-8-6-4-2)46-70-58-56(69)54(67)57(50(45-62)72-58)73-59-55(68)53(66)52(65)49(44-61)71-59/h15,17,21-23,25-27,32,34,40,42,47-50,52-59,61-63,65-69H,3-14,16,18-20,24,28-31,33,35-39,41,43-46H2,1-2H3,(H,60,64)/b17-15-,23-21-,26-22+,27-25-,34-32+,42-40+. The van der Waals surface area contributed by atoms with E-state index in [4.69, 9.17) is 18.9 Å². The summed E-state index contributed by atoms with van der Waals surface area (Å²) >= 11 is 0. The molecule has 0 radical (unpaired) electrons. The highest BCUT2D eigenvalue weighted by Crippen LogP contribution is 2.30. The molecule has 0 aromatic heterocycles. The Labute approximate surface area is 440 Å². The molecule has 14 heteroatoms. The van der Waals surface area contributed by atoms with Gasteiger partial charge < -0.3 is 65.1 Å². The molecule has 1 amide bonds. The van der Waals surface area contributed by atoms with Gasteiger partial charge >= 0.3 is 0 Å². The fraction of sp³-hybridized carbons (Fsp3) is 0.780. The smallest absolute Gasteiger partial charge is 0.220 e. The van der Waals surface area contributed by atoms with E-state index >= 15 is 0 Å². The number of rotatable bonds is 44. The van der Waals surface area contributed by atoms with Gasteiger partial charge in [0, 0.05) is 6.42 Å². The summed E-state index contributed by atoms with van der Waals surface area (Å²) in [7, 11) is 0. The van der Waals surface area contributed by atoms with E-state index in [1.165, 1.54) is 89.9 Å². The SMILES string of the molecule is CCCCCCC/C=C\C/C=C\C/C=C\CCCCCCCCC(=O)NC(COC1OC(CO)C(OC2OC(CO)C(O)C(O)C2O)C(O)C1O)C(O)/C=C/CC/C=C/CC/C=C/CCCCCCCCCC. The lowest BCUT2D eigenvalue weighted by atomic mass is 9.97. The maximum absolute atomic E-state index is 13.2. The fourth-order valence-corrected chi connectivity index (χ4v) is 8.92.